The van der Waals surface area contributed by atoms with Crippen LogP contribution in [0.15, 0.2) is 333 Å². The van der Waals surface area contributed by atoms with E-state index in [0.717, 1.165) is 92.3 Å². The van der Waals surface area contributed by atoms with E-state index in [-0.39, 0.29) is 54.5 Å². The van der Waals surface area contributed by atoms with Gasteiger partial charge >= 0.3 is 5.97 Å². The van der Waals surface area contributed by atoms with Gasteiger partial charge in [0.25, 0.3) is 0 Å². The Labute approximate surface area is 811 Å². The molecule has 0 N–H and O–H groups in total. The minimum atomic E-state index is -1.54. The van der Waals surface area contributed by atoms with E-state index in [1.807, 2.05) is 126 Å². The first-order valence-corrected chi connectivity index (χ1v) is 48.8. The normalized spacial score (nSPS) is 12.7. The van der Waals surface area contributed by atoms with Crippen molar-refractivity contribution in [3.8, 4) is 86.6 Å². The summed E-state index contributed by atoms with van der Waals surface area (Å²) in [6.07, 6.45) is 23.7. The second-order valence-electron chi connectivity index (χ2n) is 32.3. The molecular weight excluding hydrogens is 1970 g/mol. The SMILES string of the molecule is C#Cc1ccc2c(c1)C(c1ccccc1F)=NCc1c(-c3cnco3)ncn1-2.CCOC(=O)c1ncn2c1CN=C(c1ccccc1F)c1cc(Br)ccc1-2.C[Si](C)(C)C#Cc1ccc2c(c1)C(c1ccccc1F)=NCc1c(-c3cnco3)ncn1-2.Fc1ccccc1C1=NCc2c(-c3cnco3)ncn2-c2ccc(Br)cc21.O=Cc1ncn2c1CN=C(c1ccccc1F)c1cc(Br)ccc1-2. The number of halogens is 8. The molecule has 8 aromatic heterocycles. The molecule has 10 aromatic carbocycles. The zero-order valence-corrected chi connectivity index (χ0v) is 79.2. The van der Waals surface area contributed by atoms with Crippen molar-refractivity contribution < 1.29 is 49.5 Å². The quantitative estimate of drug-likeness (QED) is 0.0383. The van der Waals surface area contributed by atoms with Gasteiger partial charge in [0.05, 0.1) is 143 Å². The predicted molar refractivity (Wildman–Crippen MR) is 526 cm³/mol. The van der Waals surface area contributed by atoms with Crippen molar-refractivity contribution in [2.75, 3.05) is 6.61 Å². The zero-order valence-electron chi connectivity index (χ0n) is 73.5. The van der Waals surface area contributed by atoms with E-state index in [2.05, 4.69) is 135 Å². The third kappa shape index (κ3) is 18.3. The molecule has 0 unspecified atom stereocenters. The fourth-order valence-electron chi connectivity index (χ4n) is 16.4. The summed E-state index contributed by atoms with van der Waals surface area (Å²) < 4.78 is 106. The number of hydrogen-bond acceptors (Lipinski definition) is 19. The van der Waals surface area contributed by atoms with Crippen molar-refractivity contribution in [2.45, 2.75) is 59.3 Å². The van der Waals surface area contributed by atoms with Crippen LogP contribution < -0.4 is 0 Å². The molecule has 0 atom stereocenters. The van der Waals surface area contributed by atoms with Crippen LogP contribution in [0.2, 0.25) is 19.6 Å². The molecular formula is C105H72Br3F5N18O6Si. The van der Waals surface area contributed by atoms with Crippen LogP contribution in [0, 0.1) is 52.9 Å². The third-order valence-corrected chi connectivity index (χ3v) is 25.1. The van der Waals surface area contributed by atoms with Crippen molar-refractivity contribution >= 4 is 96.7 Å². The molecule has 0 spiro atoms. The number of hydrogen-bond donors (Lipinski definition) is 0. The summed E-state index contributed by atoms with van der Waals surface area (Å²) in [5, 5.41) is 0. The molecule has 5 aliphatic heterocycles. The lowest BCUT2D eigenvalue weighted by Gasteiger charge is -2.13. The van der Waals surface area contributed by atoms with Crippen LogP contribution in [0.3, 0.4) is 0 Å². The maximum Gasteiger partial charge on any atom is 0.358 e. The Bertz CT molecular complexity index is 8090. The molecule has 0 saturated carbocycles. The van der Waals surface area contributed by atoms with Gasteiger partial charge in [0.15, 0.2) is 48.4 Å². The Morgan fingerprint density at radius 3 is 1.04 bits per heavy atom. The number of fused-ring (bicyclic) bond motifs is 15. The first-order valence-electron chi connectivity index (χ1n) is 42.9. The standard InChI is InChI=1S/C25H21FN4OSi.C22H13FN4O.C20H12BrFN4O.C20H15BrFN3O2.C18H11BrFN3O/c1-32(2,3)11-10-17-8-9-21-19(12-17)24(18-6-4-5-7-20(18)26)28-13-22-25(29-15-30(21)22)23-14-27-16-31-23;1-2-14-7-8-18-16(9-14)21(15-5-3-4-6-17(15)23)25-10-19-22(26-12-27(18)19)20-11-24-13-28-20;21-12-5-6-16-14(7-12)19(13-3-1-2-4-15(13)22)24-8-17-20(25-10-26(16)17)18-9-23-11-27-18;1-2-27-20(26)19-17-10-23-18(13-5-3-4-6-15(13)22)14-9-12(21)7-8-16(14)25(17)11-24-19;19-11-5-6-16-13(7-11)18(12-3-1-2-4-14(12)20)21-8-17-15(9-24)22-10-23(16)17/h4-9,12,14-16H,13H2,1-3H3;1,3-9,11-13H,10H2;1-7,9-11H,8H2;3-9,11H,2,10H2,1H3;1-7,9-10H,8H2. The summed E-state index contributed by atoms with van der Waals surface area (Å²) in [6, 6.07) is 61.9. The van der Waals surface area contributed by atoms with Crippen LogP contribution in [-0.2, 0) is 37.5 Å². The lowest BCUT2D eigenvalue weighted by Crippen LogP contribution is -2.16. The van der Waals surface area contributed by atoms with Crippen LogP contribution in [0.4, 0.5) is 22.0 Å². The average Bonchev–Trinajstić information content (AvgIpc) is 1.63. The van der Waals surface area contributed by atoms with E-state index in [9.17, 15) is 31.5 Å². The monoisotopic (exact) mass is 2040 g/mol. The van der Waals surface area contributed by atoms with Gasteiger partial charge in [-0.2, -0.15) is 0 Å². The van der Waals surface area contributed by atoms with E-state index >= 15 is 0 Å². The van der Waals surface area contributed by atoms with E-state index in [0.29, 0.717) is 139 Å². The smallest absolute Gasteiger partial charge is 0.358 e. The van der Waals surface area contributed by atoms with Gasteiger partial charge in [-0.05, 0) is 159 Å². The van der Waals surface area contributed by atoms with Crippen molar-refractivity contribution in [1.82, 2.24) is 62.7 Å². The fourth-order valence-corrected chi connectivity index (χ4v) is 18.0. The maximum absolute atomic E-state index is 14.8. The molecule has 33 heteroatoms. The van der Waals surface area contributed by atoms with Crippen molar-refractivity contribution in [1.29, 1.82) is 0 Å². The van der Waals surface area contributed by atoms with Gasteiger partial charge in [-0.1, -0.05) is 140 Å². The number of rotatable bonds is 11. The van der Waals surface area contributed by atoms with E-state index in [1.54, 1.807) is 136 Å². The molecule has 138 heavy (non-hydrogen) atoms. The molecule has 0 bridgehead atoms. The van der Waals surface area contributed by atoms with E-state index < -0.39 is 14.0 Å². The minimum Gasteiger partial charge on any atom is -0.461 e. The van der Waals surface area contributed by atoms with Crippen LogP contribution in [0.5, 0.6) is 0 Å². The molecule has 13 heterocycles. The molecule has 0 amide bonds. The van der Waals surface area contributed by atoms with Crippen molar-refractivity contribution in [3.63, 3.8) is 0 Å². The summed E-state index contributed by atoms with van der Waals surface area (Å²) in [5.74, 6) is 5.53. The van der Waals surface area contributed by atoms with Crippen molar-refractivity contribution in [2.24, 2.45) is 25.0 Å². The van der Waals surface area contributed by atoms with E-state index in [1.165, 1.54) is 49.5 Å². The van der Waals surface area contributed by atoms with Gasteiger partial charge in [0, 0.05) is 80.2 Å². The molecule has 18 aromatic rings. The molecule has 0 fully saturated rings. The summed E-state index contributed by atoms with van der Waals surface area (Å²) in [7, 11) is -1.54. The van der Waals surface area contributed by atoms with Gasteiger partial charge in [-0.15, -0.1) is 12.0 Å². The van der Waals surface area contributed by atoms with Gasteiger partial charge in [0.2, 0.25) is 0 Å². The molecule has 23 rings (SSSR count). The van der Waals surface area contributed by atoms with Gasteiger partial charge in [-0.3, -0.25) is 52.6 Å². The summed E-state index contributed by atoms with van der Waals surface area (Å²) in [5.41, 5.74) is 24.6. The number of imidazole rings is 5. The van der Waals surface area contributed by atoms with Gasteiger partial charge < -0.3 is 18.0 Å². The second kappa shape index (κ2) is 39.4. The highest BCUT2D eigenvalue weighted by Gasteiger charge is 2.33. The highest BCUT2D eigenvalue weighted by molar-refractivity contribution is 9.11. The number of aromatic nitrogens is 13. The summed E-state index contributed by atoms with van der Waals surface area (Å²) in [6.45, 7) is 10.0. The van der Waals surface area contributed by atoms with Gasteiger partial charge in [-0.25, -0.2) is 66.6 Å². The summed E-state index contributed by atoms with van der Waals surface area (Å²) >= 11 is 10.5. The first-order chi connectivity index (χ1) is 67.2. The number of carbonyl (C=O) groups excluding carboxylic acids is 2. The molecule has 24 nitrogen and oxygen atoms in total. The molecule has 0 radical (unpaired) electrons. The number of ether oxygens (including phenoxy) is 1. The van der Waals surface area contributed by atoms with E-state index in [4.69, 9.17) is 39.4 Å². The second-order valence-corrected chi connectivity index (χ2v) is 39.8. The van der Waals surface area contributed by atoms with Crippen LogP contribution >= 0.6 is 47.8 Å². The van der Waals surface area contributed by atoms with Crippen LogP contribution in [0.25, 0.3) is 62.8 Å². The van der Waals surface area contributed by atoms with Crippen molar-refractivity contribution in [3.05, 3.63) is 431 Å². The zero-order chi connectivity index (χ0) is 95.4. The highest BCUT2D eigenvalue weighted by Crippen LogP contribution is 2.39. The fraction of sp³-hybridized carbons (Fsp3) is 0.0952. The lowest BCUT2D eigenvalue weighted by atomic mass is 9.98. The van der Waals surface area contributed by atoms with Gasteiger partial charge in [0.1, 0.15) is 91.6 Å². The Kier molecular flexibility index (Phi) is 26.0. The number of benzene rings is 10. The number of aldehydes is 1. The molecule has 5 aliphatic rings. The Balaban J connectivity index is 0.000000111. The number of esters is 1. The number of nitrogens with zero attached hydrogens (tertiary/aromatic N) is 18. The largest absolute Gasteiger partial charge is 0.461 e. The maximum atomic E-state index is 14.8. The number of terminal acetylenes is 1. The summed E-state index contributed by atoms with van der Waals surface area (Å²) in [4.78, 5) is 80.9. The highest BCUT2D eigenvalue weighted by atomic mass is 79.9. The molecule has 678 valence electrons. The predicted octanol–water partition coefficient (Wildman–Crippen LogP) is 22.3. The Hall–Kier alpha value is -16.2. The first kappa shape index (κ1) is 90.9. The molecule has 0 aliphatic carbocycles. The number of oxazole rings is 3. The number of carbonyl (C=O) groups is 2. The Morgan fingerprint density at radius 1 is 0.399 bits per heavy atom. The topological polar surface area (TPSA) is 272 Å². The number of aliphatic imine (C=N–C) groups is 5. The minimum absolute atomic E-state index is 0.185. The van der Waals surface area contributed by atoms with Crippen LogP contribution in [0.1, 0.15) is 123 Å². The Morgan fingerprint density at radius 2 is 0.703 bits per heavy atom. The average molecular weight is 2040 g/mol. The lowest BCUT2D eigenvalue weighted by molar-refractivity contribution is 0.0518. The third-order valence-electron chi connectivity index (χ3n) is 22.7. The van der Waals surface area contributed by atoms with Crippen LogP contribution in [-0.4, -0.2) is 118 Å². The molecule has 0 saturated heterocycles.